The van der Waals surface area contributed by atoms with Crippen molar-refractivity contribution in [3.8, 4) is 23.0 Å². The van der Waals surface area contributed by atoms with Crippen LogP contribution in [0.3, 0.4) is 0 Å². The van der Waals surface area contributed by atoms with Gasteiger partial charge >= 0.3 is 0 Å². The van der Waals surface area contributed by atoms with Crippen LogP contribution in [0.15, 0.2) is 36.4 Å². The maximum absolute atomic E-state index is 12.3. The van der Waals surface area contributed by atoms with Gasteiger partial charge in [-0.2, -0.15) is 0 Å². The zero-order chi connectivity index (χ0) is 19.1. The first kappa shape index (κ1) is 19.5. The van der Waals surface area contributed by atoms with Crippen LogP contribution < -0.4 is 24.3 Å². The van der Waals surface area contributed by atoms with E-state index in [4.69, 9.17) is 30.5 Å². The second-order valence-electron chi connectivity index (χ2n) is 5.12. The first-order valence-electron chi connectivity index (χ1n) is 7.65. The largest absolute Gasteiger partial charge is 0.497 e. The highest BCUT2D eigenvalue weighted by Gasteiger charge is 2.11. The predicted molar refractivity (Wildman–Crippen MR) is 102 cm³/mol. The third-order valence-corrected chi connectivity index (χ3v) is 3.88. The van der Waals surface area contributed by atoms with Gasteiger partial charge in [0.25, 0.3) is 0 Å². The molecule has 26 heavy (non-hydrogen) atoms. The van der Waals surface area contributed by atoms with Gasteiger partial charge in [0.1, 0.15) is 23.0 Å². The standard InChI is InChI=1S/C19H20ClNO5/c1-23-13-6-7-16(24-2)12(9-13)5-8-19(22)21-15-11-17(25-3)14(20)10-18(15)26-4/h5-11H,1-4H3,(H,21,22). The molecule has 0 heterocycles. The van der Waals surface area contributed by atoms with Crippen LogP contribution >= 0.6 is 11.6 Å². The van der Waals surface area contributed by atoms with Crippen molar-refractivity contribution in [1.82, 2.24) is 0 Å². The molecule has 2 aromatic carbocycles. The molecule has 1 amide bonds. The zero-order valence-corrected chi connectivity index (χ0v) is 15.7. The van der Waals surface area contributed by atoms with Crippen molar-refractivity contribution >= 4 is 29.3 Å². The Morgan fingerprint density at radius 1 is 0.923 bits per heavy atom. The lowest BCUT2D eigenvalue weighted by Gasteiger charge is -2.12. The molecule has 7 heteroatoms. The van der Waals surface area contributed by atoms with Crippen LogP contribution in [0, 0.1) is 0 Å². The van der Waals surface area contributed by atoms with Crippen LogP contribution in [0.1, 0.15) is 5.56 Å². The summed E-state index contributed by atoms with van der Waals surface area (Å²) in [4.78, 5) is 12.3. The number of carbonyl (C=O) groups is 1. The molecule has 0 aliphatic heterocycles. The van der Waals surface area contributed by atoms with Gasteiger partial charge in [-0.15, -0.1) is 0 Å². The van der Waals surface area contributed by atoms with Gasteiger partial charge in [-0.3, -0.25) is 4.79 Å². The Bertz CT molecular complexity index is 820. The summed E-state index contributed by atoms with van der Waals surface area (Å²) in [6, 6.07) is 8.49. The molecule has 0 aliphatic rings. The molecule has 0 atom stereocenters. The Morgan fingerprint density at radius 3 is 2.23 bits per heavy atom. The fraction of sp³-hybridized carbons (Fsp3) is 0.211. The molecule has 0 bridgehead atoms. The Hall–Kier alpha value is -2.86. The molecule has 0 saturated heterocycles. The van der Waals surface area contributed by atoms with Crippen molar-refractivity contribution in [3.63, 3.8) is 0 Å². The first-order valence-corrected chi connectivity index (χ1v) is 8.02. The molecule has 138 valence electrons. The van der Waals surface area contributed by atoms with Crippen LogP contribution in [0.2, 0.25) is 5.02 Å². The van der Waals surface area contributed by atoms with E-state index in [1.165, 1.54) is 20.3 Å². The van der Waals surface area contributed by atoms with Crippen molar-refractivity contribution in [2.45, 2.75) is 0 Å². The quantitative estimate of drug-likeness (QED) is 0.738. The van der Waals surface area contributed by atoms with Gasteiger partial charge in [0.2, 0.25) is 5.91 Å². The lowest BCUT2D eigenvalue weighted by atomic mass is 10.1. The van der Waals surface area contributed by atoms with Gasteiger partial charge in [0.05, 0.1) is 39.1 Å². The minimum Gasteiger partial charge on any atom is -0.497 e. The van der Waals surface area contributed by atoms with E-state index in [2.05, 4.69) is 5.32 Å². The lowest BCUT2D eigenvalue weighted by Crippen LogP contribution is -2.09. The number of rotatable bonds is 7. The van der Waals surface area contributed by atoms with E-state index in [1.54, 1.807) is 50.6 Å². The molecule has 2 aromatic rings. The Balaban J connectivity index is 2.22. The second kappa shape index (κ2) is 9.01. The molecule has 0 spiro atoms. The molecule has 6 nitrogen and oxygen atoms in total. The van der Waals surface area contributed by atoms with E-state index >= 15 is 0 Å². The maximum Gasteiger partial charge on any atom is 0.248 e. The number of anilines is 1. The zero-order valence-electron chi connectivity index (χ0n) is 15.0. The summed E-state index contributed by atoms with van der Waals surface area (Å²) in [5.74, 6) is 1.80. The summed E-state index contributed by atoms with van der Waals surface area (Å²) >= 11 is 6.06. The summed E-state index contributed by atoms with van der Waals surface area (Å²) in [6.07, 6.45) is 3.02. The highest BCUT2D eigenvalue weighted by Crippen LogP contribution is 2.35. The highest BCUT2D eigenvalue weighted by molar-refractivity contribution is 6.32. The van der Waals surface area contributed by atoms with Gasteiger partial charge in [-0.05, 0) is 24.3 Å². The summed E-state index contributed by atoms with van der Waals surface area (Å²) in [7, 11) is 6.12. The minimum absolute atomic E-state index is 0.349. The third kappa shape index (κ3) is 4.61. The SMILES string of the molecule is COc1ccc(OC)c(C=CC(=O)Nc2cc(OC)c(Cl)cc2OC)c1. The number of carbonyl (C=O) groups excluding carboxylic acids is 1. The van der Waals surface area contributed by atoms with E-state index in [0.29, 0.717) is 39.3 Å². The number of amides is 1. The van der Waals surface area contributed by atoms with Crippen molar-refractivity contribution in [3.05, 3.63) is 47.0 Å². The van der Waals surface area contributed by atoms with E-state index in [-0.39, 0.29) is 5.91 Å². The van der Waals surface area contributed by atoms with E-state index in [1.807, 2.05) is 0 Å². The van der Waals surface area contributed by atoms with Crippen molar-refractivity contribution in [2.75, 3.05) is 33.8 Å². The number of benzene rings is 2. The number of ether oxygens (including phenoxy) is 4. The first-order chi connectivity index (χ1) is 12.5. The molecule has 1 N–H and O–H groups in total. The van der Waals surface area contributed by atoms with Gasteiger partial charge in [-0.25, -0.2) is 0 Å². The molecule has 0 saturated carbocycles. The topological polar surface area (TPSA) is 66.0 Å². The maximum atomic E-state index is 12.3. The summed E-state index contributed by atoms with van der Waals surface area (Å²) < 4.78 is 20.9. The molecule has 0 unspecified atom stereocenters. The Labute approximate surface area is 157 Å². The van der Waals surface area contributed by atoms with Gasteiger partial charge < -0.3 is 24.3 Å². The summed E-state index contributed by atoms with van der Waals surface area (Å²) in [5.41, 5.74) is 1.16. The van der Waals surface area contributed by atoms with Crippen LogP contribution in [0.4, 0.5) is 5.69 Å². The summed E-state index contributed by atoms with van der Waals surface area (Å²) in [6.45, 7) is 0. The Morgan fingerprint density at radius 2 is 1.62 bits per heavy atom. The number of hydrogen-bond donors (Lipinski definition) is 1. The average molecular weight is 378 g/mol. The van der Waals surface area contributed by atoms with Crippen LogP contribution in [0.5, 0.6) is 23.0 Å². The van der Waals surface area contributed by atoms with Gasteiger partial charge in [0.15, 0.2) is 0 Å². The number of hydrogen-bond acceptors (Lipinski definition) is 5. The fourth-order valence-corrected chi connectivity index (χ4v) is 2.50. The molecule has 0 radical (unpaired) electrons. The molecule has 2 rings (SSSR count). The average Bonchev–Trinajstić information content (AvgIpc) is 2.66. The second-order valence-corrected chi connectivity index (χ2v) is 5.52. The third-order valence-electron chi connectivity index (χ3n) is 3.58. The monoisotopic (exact) mass is 377 g/mol. The van der Waals surface area contributed by atoms with Crippen molar-refractivity contribution in [2.24, 2.45) is 0 Å². The smallest absolute Gasteiger partial charge is 0.248 e. The van der Waals surface area contributed by atoms with Crippen LogP contribution in [-0.4, -0.2) is 34.3 Å². The number of nitrogens with one attached hydrogen (secondary N) is 1. The summed E-state index contributed by atoms with van der Waals surface area (Å²) in [5, 5.41) is 3.13. The van der Waals surface area contributed by atoms with Crippen molar-refractivity contribution < 1.29 is 23.7 Å². The van der Waals surface area contributed by atoms with Crippen LogP contribution in [-0.2, 0) is 4.79 Å². The van der Waals surface area contributed by atoms with E-state index in [0.717, 1.165) is 0 Å². The normalized spacial score (nSPS) is 10.5. The minimum atomic E-state index is -0.349. The molecule has 0 aliphatic carbocycles. The predicted octanol–water partition coefficient (Wildman–Crippen LogP) is 4.03. The fourth-order valence-electron chi connectivity index (χ4n) is 2.27. The van der Waals surface area contributed by atoms with Gasteiger partial charge in [-0.1, -0.05) is 11.6 Å². The lowest BCUT2D eigenvalue weighted by molar-refractivity contribution is -0.111. The van der Waals surface area contributed by atoms with Gasteiger partial charge in [0, 0.05) is 23.8 Å². The van der Waals surface area contributed by atoms with Crippen LogP contribution in [0.25, 0.3) is 6.08 Å². The highest BCUT2D eigenvalue weighted by atomic mass is 35.5. The molecule has 0 fully saturated rings. The van der Waals surface area contributed by atoms with E-state index in [9.17, 15) is 4.79 Å². The number of halogens is 1. The van der Waals surface area contributed by atoms with Crippen molar-refractivity contribution in [1.29, 1.82) is 0 Å². The molecule has 0 aromatic heterocycles. The Kier molecular flexibility index (Phi) is 6.74. The molecular formula is C19H20ClNO5. The molecular weight excluding hydrogens is 358 g/mol. The number of methoxy groups -OCH3 is 4. The van der Waals surface area contributed by atoms with E-state index < -0.39 is 0 Å².